The lowest BCUT2D eigenvalue weighted by molar-refractivity contribution is -0.109. The van der Waals surface area contributed by atoms with E-state index in [2.05, 4.69) is 32.4 Å². The number of carbonyl (C=O) groups is 1. The number of carbonyl (C=O) groups excluding carboxylic acids is 1. The average molecular weight is 227 g/mol. The van der Waals surface area contributed by atoms with E-state index in [1.807, 2.05) is 32.9 Å². The summed E-state index contributed by atoms with van der Waals surface area (Å²) >= 11 is 0. The Morgan fingerprint density at radius 1 is 1.25 bits per heavy atom. The summed E-state index contributed by atoms with van der Waals surface area (Å²) in [5.74, 6) is 0.0880. The van der Waals surface area contributed by atoms with E-state index < -0.39 is 0 Å². The van der Waals surface area contributed by atoms with Crippen molar-refractivity contribution in [2.45, 2.75) is 34.6 Å². The lowest BCUT2D eigenvalue weighted by Crippen LogP contribution is -2.15. The van der Waals surface area contributed by atoms with Crippen LogP contribution in [0.1, 0.15) is 34.6 Å². The highest BCUT2D eigenvalue weighted by Gasteiger charge is 1.86. The van der Waals surface area contributed by atoms with E-state index >= 15 is 0 Å². The van der Waals surface area contributed by atoms with E-state index in [1.165, 1.54) is 0 Å². The molecule has 0 aliphatic carbocycles. The number of aldehydes is 1. The highest BCUT2D eigenvalue weighted by atomic mass is 16.1. The van der Waals surface area contributed by atoms with E-state index in [9.17, 15) is 4.79 Å². The molecule has 0 aromatic carbocycles. The molecule has 96 valence electrons. The summed E-state index contributed by atoms with van der Waals surface area (Å²) in [6.07, 6.45) is 6.39. The van der Waals surface area contributed by atoms with Gasteiger partial charge in [0, 0.05) is 5.92 Å². The van der Waals surface area contributed by atoms with Crippen LogP contribution in [-0.2, 0) is 4.79 Å². The highest BCUT2D eigenvalue weighted by Crippen LogP contribution is 1.88. The van der Waals surface area contributed by atoms with Gasteiger partial charge >= 0.3 is 0 Å². The zero-order valence-corrected chi connectivity index (χ0v) is 11.9. The third-order valence-electron chi connectivity index (χ3n) is 1.79. The van der Waals surface area contributed by atoms with Crippen molar-refractivity contribution in [3.05, 3.63) is 24.8 Å². The fourth-order valence-electron chi connectivity index (χ4n) is 0.573. The molecule has 0 saturated heterocycles. The zero-order valence-electron chi connectivity index (χ0n) is 11.9. The highest BCUT2D eigenvalue weighted by molar-refractivity contribution is 5.55. The Kier molecular flexibility index (Phi) is 25.2. The fraction of sp³-hybridized carbons (Fsp3) is 0.643. The van der Waals surface area contributed by atoms with Gasteiger partial charge in [0.15, 0.2) is 0 Å². The number of rotatable bonds is 4. The molecule has 0 N–H and O–H groups in total. The first-order chi connectivity index (χ1) is 7.53. The minimum atomic E-state index is 0.0880. The smallest absolute Gasteiger partial charge is 0.126 e. The van der Waals surface area contributed by atoms with E-state index in [4.69, 9.17) is 0 Å². The van der Waals surface area contributed by atoms with Crippen molar-refractivity contribution in [1.29, 1.82) is 0 Å². The molecule has 0 bridgehead atoms. The third-order valence-corrected chi connectivity index (χ3v) is 1.79. The Morgan fingerprint density at radius 3 is 1.69 bits per heavy atom. The third kappa shape index (κ3) is 29.2. The quantitative estimate of drug-likeness (QED) is 0.541. The molecule has 1 atom stereocenters. The number of allylic oxidation sites excluding steroid dienone is 3. The summed E-state index contributed by atoms with van der Waals surface area (Å²) in [6, 6.07) is 0. The maximum atomic E-state index is 9.84. The van der Waals surface area contributed by atoms with E-state index in [-0.39, 0.29) is 5.92 Å². The van der Waals surface area contributed by atoms with Crippen LogP contribution in [0.25, 0.3) is 0 Å². The van der Waals surface area contributed by atoms with Gasteiger partial charge in [-0.25, -0.2) is 0 Å². The summed E-state index contributed by atoms with van der Waals surface area (Å²) in [5, 5.41) is 0. The molecule has 0 rings (SSSR count). The van der Waals surface area contributed by atoms with Gasteiger partial charge in [0.25, 0.3) is 0 Å². The Balaban J connectivity index is -0.000000172. The second-order valence-corrected chi connectivity index (χ2v) is 3.42. The van der Waals surface area contributed by atoms with Crippen molar-refractivity contribution >= 4 is 6.29 Å². The van der Waals surface area contributed by atoms with Crippen molar-refractivity contribution in [1.82, 2.24) is 4.90 Å². The first-order valence-corrected chi connectivity index (χ1v) is 5.87. The Hall–Kier alpha value is -0.890. The standard InChI is InChI=1S/C6H10O.C5H13N.C3H6/c1-3-4-6(2)5-7;1-4-6(3)5-2;1-3-2/h3-6H,1-2H3;4-5H2,1-3H3;3H,1H2,2H3/b4-3-;;. The lowest BCUT2D eigenvalue weighted by Gasteiger charge is -2.07. The molecule has 0 spiro atoms. The van der Waals surface area contributed by atoms with Crippen LogP contribution in [0.3, 0.4) is 0 Å². The van der Waals surface area contributed by atoms with Gasteiger partial charge < -0.3 is 9.69 Å². The molecule has 0 aromatic rings. The minimum Gasteiger partial charge on any atom is -0.307 e. The molecule has 0 fully saturated rings. The van der Waals surface area contributed by atoms with Crippen molar-refractivity contribution in [3.63, 3.8) is 0 Å². The monoisotopic (exact) mass is 227 g/mol. The van der Waals surface area contributed by atoms with Gasteiger partial charge in [-0.05, 0) is 34.0 Å². The largest absolute Gasteiger partial charge is 0.307 e. The summed E-state index contributed by atoms with van der Waals surface area (Å²) in [6.45, 7) is 15.6. The molecule has 16 heavy (non-hydrogen) atoms. The van der Waals surface area contributed by atoms with Crippen molar-refractivity contribution in [2.24, 2.45) is 5.92 Å². The van der Waals surface area contributed by atoms with Gasteiger partial charge in [-0.1, -0.05) is 39.0 Å². The molecule has 0 heterocycles. The maximum absolute atomic E-state index is 9.84. The normalized spacial score (nSPS) is 10.9. The van der Waals surface area contributed by atoms with Gasteiger partial charge in [0.2, 0.25) is 0 Å². The van der Waals surface area contributed by atoms with Crippen LogP contribution in [0.4, 0.5) is 0 Å². The molecule has 0 aliphatic rings. The second kappa shape index (κ2) is 19.6. The Labute approximate surface area is 102 Å². The Morgan fingerprint density at radius 2 is 1.62 bits per heavy atom. The van der Waals surface area contributed by atoms with Crippen molar-refractivity contribution in [2.75, 3.05) is 20.1 Å². The van der Waals surface area contributed by atoms with Crippen molar-refractivity contribution in [3.8, 4) is 0 Å². The summed E-state index contributed by atoms with van der Waals surface area (Å²) in [4.78, 5) is 12.1. The van der Waals surface area contributed by atoms with Crippen LogP contribution in [0.2, 0.25) is 0 Å². The molecular formula is C14H29NO. The van der Waals surface area contributed by atoms with Gasteiger partial charge in [0.05, 0.1) is 0 Å². The van der Waals surface area contributed by atoms with Crippen LogP contribution in [-0.4, -0.2) is 31.3 Å². The summed E-state index contributed by atoms with van der Waals surface area (Å²) in [7, 11) is 2.11. The second-order valence-electron chi connectivity index (χ2n) is 3.42. The molecule has 1 unspecified atom stereocenters. The van der Waals surface area contributed by atoms with Gasteiger partial charge in [-0.15, -0.1) is 6.58 Å². The minimum absolute atomic E-state index is 0.0880. The van der Waals surface area contributed by atoms with E-state index in [0.717, 1.165) is 19.4 Å². The lowest BCUT2D eigenvalue weighted by atomic mass is 10.2. The molecular weight excluding hydrogens is 198 g/mol. The van der Waals surface area contributed by atoms with Gasteiger partial charge in [-0.2, -0.15) is 0 Å². The molecule has 0 aliphatic heterocycles. The average Bonchev–Trinajstić information content (AvgIpc) is 2.30. The van der Waals surface area contributed by atoms with Crippen molar-refractivity contribution < 1.29 is 4.79 Å². The summed E-state index contributed by atoms with van der Waals surface area (Å²) < 4.78 is 0. The number of hydrogen-bond acceptors (Lipinski definition) is 2. The van der Waals surface area contributed by atoms with Gasteiger partial charge in [0.1, 0.15) is 6.29 Å². The molecule has 0 radical (unpaired) electrons. The van der Waals surface area contributed by atoms with E-state index in [1.54, 1.807) is 6.08 Å². The van der Waals surface area contributed by atoms with Crippen LogP contribution in [0.15, 0.2) is 24.8 Å². The SMILES string of the molecule is C/C=C\C(C)C=O.C=CC.CCN(C)CC. The first-order valence-electron chi connectivity index (χ1n) is 5.87. The fourth-order valence-corrected chi connectivity index (χ4v) is 0.573. The molecule has 2 heteroatoms. The molecule has 0 aromatic heterocycles. The predicted octanol–water partition coefficient (Wildman–Crippen LogP) is 3.55. The zero-order chi connectivity index (χ0) is 13.4. The maximum Gasteiger partial charge on any atom is 0.126 e. The van der Waals surface area contributed by atoms with Crippen LogP contribution in [0.5, 0.6) is 0 Å². The van der Waals surface area contributed by atoms with E-state index in [0.29, 0.717) is 0 Å². The van der Waals surface area contributed by atoms with Crippen LogP contribution in [0, 0.1) is 5.92 Å². The summed E-state index contributed by atoms with van der Waals surface area (Å²) in [5.41, 5.74) is 0. The first kappa shape index (κ1) is 20.5. The topological polar surface area (TPSA) is 20.3 Å². The van der Waals surface area contributed by atoms with Crippen LogP contribution < -0.4 is 0 Å². The molecule has 0 saturated carbocycles. The molecule has 2 nitrogen and oxygen atoms in total. The van der Waals surface area contributed by atoms with Gasteiger partial charge in [-0.3, -0.25) is 0 Å². The number of nitrogens with zero attached hydrogens (tertiary/aromatic N) is 1. The van der Waals surface area contributed by atoms with Crippen LogP contribution >= 0.6 is 0 Å². The predicted molar refractivity (Wildman–Crippen MR) is 74.8 cm³/mol. The molecule has 0 amide bonds. The Bertz CT molecular complexity index is 160. The number of hydrogen-bond donors (Lipinski definition) is 0.